The molecule has 3 rings (SSSR count). The lowest BCUT2D eigenvalue weighted by molar-refractivity contribution is -0.139. The van der Waals surface area contributed by atoms with Crippen LogP contribution in [0.25, 0.3) is 0 Å². The molecule has 8 nitrogen and oxygen atoms in total. The Morgan fingerprint density at radius 3 is 2.29 bits per heavy atom. The van der Waals surface area contributed by atoms with Crippen LogP contribution >= 0.6 is 34.8 Å². The average Bonchev–Trinajstić information content (AvgIpc) is 2.87. The first-order valence-electron chi connectivity index (χ1n) is 12.3. The Labute approximate surface area is 239 Å². The third-order valence-corrected chi connectivity index (χ3v) is 8.73. The maximum absolute atomic E-state index is 13.7. The number of sulfonamides is 1. The number of carbonyl (C=O) groups excluding carboxylic acids is 2. The topological polar surface area (TPSA) is 96.0 Å². The van der Waals surface area contributed by atoms with Gasteiger partial charge in [0.05, 0.1) is 34.1 Å². The van der Waals surface area contributed by atoms with Gasteiger partial charge in [0.1, 0.15) is 18.3 Å². The average molecular weight is 605 g/mol. The van der Waals surface area contributed by atoms with Gasteiger partial charge in [-0.05, 0) is 55.7 Å². The minimum absolute atomic E-state index is 0.0238. The molecule has 1 aliphatic carbocycles. The van der Waals surface area contributed by atoms with Crippen molar-refractivity contribution in [3.63, 3.8) is 0 Å². The standard InChI is InChI=1S/C26H32Cl3N3O5S/c1-17(26(34)30-19-7-5-4-6-8-19)31(15-18-9-11-21(27)22(28)13-18)25(33)16-32(38(3,35)36)20-10-12-24(37-2)23(29)14-20/h9-14,17,19H,4-8,15-16H2,1-3H3,(H,30,34)/t17-/m1/s1. The molecule has 0 unspecified atom stereocenters. The maximum atomic E-state index is 13.7. The lowest BCUT2D eigenvalue weighted by Gasteiger charge is -2.33. The predicted molar refractivity (Wildman–Crippen MR) is 152 cm³/mol. The molecular formula is C26H32Cl3N3O5S. The Bertz CT molecular complexity index is 1270. The Hall–Kier alpha value is -2.20. The van der Waals surface area contributed by atoms with Crippen LogP contribution in [0.1, 0.15) is 44.6 Å². The van der Waals surface area contributed by atoms with Gasteiger partial charge < -0.3 is 15.0 Å². The van der Waals surface area contributed by atoms with E-state index in [0.717, 1.165) is 42.7 Å². The van der Waals surface area contributed by atoms with Crippen molar-refractivity contribution in [1.29, 1.82) is 0 Å². The van der Waals surface area contributed by atoms with Crippen molar-refractivity contribution >= 4 is 62.3 Å². The van der Waals surface area contributed by atoms with Crippen molar-refractivity contribution in [3.05, 3.63) is 57.0 Å². The third kappa shape index (κ3) is 7.91. The summed E-state index contributed by atoms with van der Waals surface area (Å²) in [6.45, 7) is 1.11. The summed E-state index contributed by atoms with van der Waals surface area (Å²) in [7, 11) is -2.45. The van der Waals surface area contributed by atoms with Crippen LogP contribution in [0, 0.1) is 0 Å². The number of nitrogens with zero attached hydrogens (tertiary/aromatic N) is 2. The molecule has 2 amide bonds. The fourth-order valence-electron chi connectivity index (χ4n) is 4.41. The van der Waals surface area contributed by atoms with Gasteiger partial charge in [-0.25, -0.2) is 8.42 Å². The van der Waals surface area contributed by atoms with Gasteiger partial charge in [0.2, 0.25) is 21.8 Å². The Morgan fingerprint density at radius 1 is 1.03 bits per heavy atom. The largest absolute Gasteiger partial charge is 0.495 e. The molecule has 0 aliphatic heterocycles. The van der Waals surface area contributed by atoms with Crippen LogP contribution in [0.15, 0.2) is 36.4 Å². The first-order chi connectivity index (χ1) is 17.9. The molecule has 12 heteroatoms. The number of anilines is 1. The number of rotatable bonds is 10. The van der Waals surface area contributed by atoms with E-state index in [1.807, 2.05) is 0 Å². The van der Waals surface area contributed by atoms with Crippen LogP contribution < -0.4 is 14.4 Å². The summed E-state index contributed by atoms with van der Waals surface area (Å²) >= 11 is 18.5. The molecule has 1 N–H and O–H groups in total. The number of hydrogen-bond donors (Lipinski definition) is 1. The highest BCUT2D eigenvalue weighted by atomic mass is 35.5. The molecule has 0 bridgehead atoms. The lowest BCUT2D eigenvalue weighted by Crippen LogP contribution is -2.52. The highest BCUT2D eigenvalue weighted by Crippen LogP contribution is 2.30. The van der Waals surface area contributed by atoms with Gasteiger partial charge in [-0.15, -0.1) is 0 Å². The van der Waals surface area contributed by atoms with Gasteiger partial charge in [0.25, 0.3) is 0 Å². The minimum atomic E-state index is -3.89. The van der Waals surface area contributed by atoms with Crippen LogP contribution in [0.2, 0.25) is 15.1 Å². The zero-order valence-electron chi connectivity index (χ0n) is 21.5. The summed E-state index contributed by atoms with van der Waals surface area (Å²) in [5, 5.41) is 3.91. The fraction of sp³-hybridized carbons (Fsp3) is 0.462. The first-order valence-corrected chi connectivity index (χ1v) is 15.2. The van der Waals surface area contributed by atoms with E-state index in [0.29, 0.717) is 21.4 Å². The van der Waals surface area contributed by atoms with Crippen LogP contribution in [-0.2, 0) is 26.2 Å². The smallest absolute Gasteiger partial charge is 0.244 e. The summed E-state index contributed by atoms with van der Waals surface area (Å²) in [6, 6.07) is 8.55. The quantitative estimate of drug-likeness (QED) is 0.398. The van der Waals surface area contributed by atoms with Crippen LogP contribution in [-0.4, -0.2) is 57.1 Å². The summed E-state index contributed by atoms with van der Waals surface area (Å²) in [5.41, 5.74) is 0.837. The molecule has 0 saturated heterocycles. The Kier molecular flexibility index (Phi) is 10.6. The number of nitrogens with one attached hydrogen (secondary N) is 1. The summed E-state index contributed by atoms with van der Waals surface area (Å²) < 4.78 is 31.6. The number of hydrogen-bond acceptors (Lipinski definition) is 5. The van der Waals surface area contributed by atoms with Gasteiger partial charge >= 0.3 is 0 Å². The van der Waals surface area contributed by atoms with Crippen molar-refractivity contribution < 1.29 is 22.7 Å². The first kappa shape index (κ1) is 30.3. The molecule has 2 aromatic carbocycles. The molecule has 0 heterocycles. The summed E-state index contributed by atoms with van der Waals surface area (Å²) in [4.78, 5) is 28.3. The van der Waals surface area contributed by atoms with Gasteiger partial charge in [-0.1, -0.05) is 60.1 Å². The van der Waals surface area contributed by atoms with Gasteiger partial charge in [-0.2, -0.15) is 0 Å². The van der Waals surface area contributed by atoms with Crippen molar-refractivity contribution in [2.45, 2.75) is 57.7 Å². The van der Waals surface area contributed by atoms with Crippen LogP contribution in [0.3, 0.4) is 0 Å². The fourth-order valence-corrected chi connectivity index (χ4v) is 5.82. The Balaban J connectivity index is 1.91. The molecule has 2 aromatic rings. The van der Waals surface area contributed by atoms with E-state index >= 15 is 0 Å². The van der Waals surface area contributed by atoms with Gasteiger partial charge in [0.15, 0.2) is 0 Å². The van der Waals surface area contributed by atoms with Crippen LogP contribution in [0.4, 0.5) is 5.69 Å². The van der Waals surface area contributed by atoms with E-state index in [-0.39, 0.29) is 29.2 Å². The molecule has 0 radical (unpaired) electrons. The second kappa shape index (κ2) is 13.2. The highest BCUT2D eigenvalue weighted by Gasteiger charge is 2.31. The second-order valence-corrected chi connectivity index (χ2v) is 12.5. The molecule has 1 aliphatic rings. The monoisotopic (exact) mass is 603 g/mol. The van der Waals surface area contributed by atoms with Crippen LogP contribution in [0.5, 0.6) is 5.75 Å². The van der Waals surface area contributed by atoms with E-state index < -0.39 is 28.5 Å². The van der Waals surface area contributed by atoms with Crippen molar-refractivity contribution in [3.8, 4) is 5.75 Å². The van der Waals surface area contributed by atoms with E-state index in [1.54, 1.807) is 25.1 Å². The Morgan fingerprint density at radius 2 is 1.71 bits per heavy atom. The number of amides is 2. The molecule has 1 fully saturated rings. The predicted octanol–water partition coefficient (Wildman–Crippen LogP) is 5.29. The molecular weight excluding hydrogens is 573 g/mol. The van der Waals surface area contributed by atoms with E-state index in [9.17, 15) is 18.0 Å². The number of methoxy groups -OCH3 is 1. The lowest BCUT2D eigenvalue weighted by atomic mass is 9.95. The van der Waals surface area contributed by atoms with Crippen molar-refractivity contribution in [2.75, 3.05) is 24.2 Å². The number of benzene rings is 2. The van der Waals surface area contributed by atoms with E-state index in [2.05, 4.69) is 5.32 Å². The molecule has 0 aromatic heterocycles. The molecule has 0 spiro atoms. The van der Waals surface area contributed by atoms with Crippen molar-refractivity contribution in [2.24, 2.45) is 0 Å². The zero-order chi connectivity index (χ0) is 28.0. The van der Waals surface area contributed by atoms with E-state index in [4.69, 9.17) is 39.5 Å². The normalized spacial score (nSPS) is 15.0. The zero-order valence-corrected chi connectivity index (χ0v) is 24.6. The summed E-state index contributed by atoms with van der Waals surface area (Å²) in [6.07, 6.45) is 6.00. The van der Waals surface area contributed by atoms with E-state index in [1.165, 1.54) is 30.2 Å². The SMILES string of the molecule is COc1ccc(N(CC(=O)N(Cc2ccc(Cl)c(Cl)c2)[C@H](C)C(=O)NC2CCCCC2)S(C)(=O)=O)cc1Cl. The summed E-state index contributed by atoms with van der Waals surface area (Å²) in [5.74, 6) is -0.507. The molecule has 38 heavy (non-hydrogen) atoms. The minimum Gasteiger partial charge on any atom is -0.495 e. The maximum Gasteiger partial charge on any atom is 0.244 e. The van der Waals surface area contributed by atoms with Gasteiger partial charge in [-0.3, -0.25) is 13.9 Å². The number of ether oxygens (including phenoxy) is 1. The molecule has 1 atom stereocenters. The highest BCUT2D eigenvalue weighted by molar-refractivity contribution is 7.92. The number of carbonyl (C=O) groups is 2. The third-order valence-electron chi connectivity index (χ3n) is 6.56. The van der Waals surface area contributed by atoms with Gasteiger partial charge in [0, 0.05) is 12.6 Å². The molecule has 208 valence electrons. The second-order valence-electron chi connectivity index (χ2n) is 9.38. The van der Waals surface area contributed by atoms with Crippen molar-refractivity contribution in [1.82, 2.24) is 10.2 Å². The number of halogens is 3. The molecule has 1 saturated carbocycles.